The Kier molecular flexibility index (Phi) is 9.35. The average Bonchev–Trinajstić information content (AvgIpc) is 3.11. The lowest BCUT2D eigenvalue weighted by Gasteiger charge is -2.17. The Morgan fingerprint density at radius 1 is 1.50 bits per heavy atom. The molecule has 2 atom stereocenters. The highest BCUT2D eigenvalue weighted by molar-refractivity contribution is 14.0. The van der Waals surface area contributed by atoms with Crippen molar-refractivity contribution in [3.63, 3.8) is 0 Å². The molecule has 1 saturated heterocycles. The van der Waals surface area contributed by atoms with E-state index in [9.17, 15) is 0 Å². The second-order valence-electron chi connectivity index (χ2n) is 6.14. The summed E-state index contributed by atoms with van der Waals surface area (Å²) in [6, 6.07) is 4.34. The number of rotatable bonds is 6. The lowest BCUT2D eigenvalue weighted by molar-refractivity contribution is 0.393. The van der Waals surface area contributed by atoms with E-state index in [0.29, 0.717) is 5.92 Å². The van der Waals surface area contributed by atoms with E-state index in [1.807, 2.05) is 18.4 Å². The maximum atomic E-state index is 4.32. The minimum Gasteiger partial charge on any atom is -0.356 e. The zero-order valence-corrected chi connectivity index (χ0v) is 17.0. The van der Waals surface area contributed by atoms with Crippen molar-refractivity contribution in [1.82, 2.24) is 15.5 Å². The van der Waals surface area contributed by atoms with Crippen LogP contribution in [0.3, 0.4) is 0 Å². The number of nitrogens with one attached hydrogen (secondary N) is 2. The monoisotopic (exact) mass is 436 g/mol. The maximum Gasteiger partial charge on any atom is 0.190 e. The maximum absolute atomic E-state index is 4.32. The van der Waals surface area contributed by atoms with Gasteiger partial charge in [0, 0.05) is 31.6 Å². The minimum absolute atomic E-state index is 0. The molecule has 1 aliphatic heterocycles. The highest BCUT2D eigenvalue weighted by Crippen LogP contribution is 2.14. The molecule has 126 valence electrons. The molecule has 4 nitrogen and oxygen atoms in total. The Bertz CT molecular complexity index is 435. The Balaban J connectivity index is 0.00000242. The molecular formula is C16H29IN4S. The fourth-order valence-corrected chi connectivity index (χ4v) is 3.64. The summed E-state index contributed by atoms with van der Waals surface area (Å²) in [5.74, 6) is 2.29. The Hall–Kier alpha value is -0.340. The standard InChI is InChI=1S/C16H28N4S.HI/c1-13(9-15-5-4-8-21-15)10-18-16(17-2)19-11-14-6-7-20(3)12-14;/h4-5,8,13-14H,6-7,9-12H2,1-3H3,(H2,17,18,19);1H. The number of aliphatic imine (C=N–C) groups is 1. The number of halogens is 1. The highest BCUT2D eigenvalue weighted by atomic mass is 127. The molecule has 22 heavy (non-hydrogen) atoms. The molecule has 1 aromatic heterocycles. The molecule has 0 bridgehead atoms. The fourth-order valence-electron chi connectivity index (χ4n) is 2.77. The Morgan fingerprint density at radius 2 is 2.32 bits per heavy atom. The van der Waals surface area contributed by atoms with E-state index < -0.39 is 0 Å². The predicted octanol–water partition coefficient (Wildman–Crippen LogP) is 2.66. The first kappa shape index (κ1) is 19.7. The van der Waals surface area contributed by atoms with Crippen molar-refractivity contribution in [2.24, 2.45) is 16.8 Å². The first-order chi connectivity index (χ1) is 10.2. The van der Waals surface area contributed by atoms with Gasteiger partial charge in [0.25, 0.3) is 0 Å². The molecule has 0 saturated carbocycles. The lowest BCUT2D eigenvalue weighted by Crippen LogP contribution is -2.42. The van der Waals surface area contributed by atoms with Gasteiger partial charge in [-0.3, -0.25) is 4.99 Å². The number of nitrogens with zero attached hydrogens (tertiary/aromatic N) is 2. The van der Waals surface area contributed by atoms with E-state index in [2.05, 4.69) is 52.0 Å². The van der Waals surface area contributed by atoms with Gasteiger partial charge in [0.1, 0.15) is 0 Å². The number of guanidine groups is 1. The molecule has 1 fully saturated rings. The molecule has 6 heteroatoms. The second kappa shape index (κ2) is 10.4. The molecule has 1 aliphatic rings. The minimum atomic E-state index is 0. The summed E-state index contributed by atoms with van der Waals surface area (Å²) < 4.78 is 0. The topological polar surface area (TPSA) is 39.7 Å². The average molecular weight is 436 g/mol. The Labute approximate surface area is 155 Å². The van der Waals surface area contributed by atoms with Gasteiger partial charge in [0.05, 0.1) is 0 Å². The molecule has 0 amide bonds. The van der Waals surface area contributed by atoms with Crippen molar-refractivity contribution in [3.8, 4) is 0 Å². The third-order valence-electron chi connectivity index (χ3n) is 4.02. The number of hydrogen-bond acceptors (Lipinski definition) is 3. The normalized spacial score (nSPS) is 20.5. The molecule has 0 radical (unpaired) electrons. The van der Waals surface area contributed by atoms with Gasteiger partial charge in [-0.2, -0.15) is 0 Å². The predicted molar refractivity (Wildman–Crippen MR) is 108 cm³/mol. The fraction of sp³-hybridized carbons (Fsp3) is 0.688. The molecule has 2 heterocycles. The Morgan fingerprint density at radius 3 is 2.91 bits per heavy atom. The molecular weight excluding hydrogens is 407 g/mol. The molecule has 2 N–H and O–H groups in total. The first-order valence-corrected chi connectivity index (χ1v) is 8.70. The smallest absolute Gasteiger partial charge is 0.190 e. The lowest BCUT2D eigenvalue weighted by atomic mass is 10.1. The molecule has 0 spiro atoms. The zero-order chi connectivity index (χ0) is 15.1. The van der Waals surface area contributed by atoms with Crippen molar-refractivity contribution in [1.29, 1.82) is 0 Å². The van der Waals surface area contributed by atoms with Crippen LogP contribution in [0.5, 0.6) is 0 Å². The molecule has 1 aromatic rings. The number of likely N-dealkylation sites (tertiary alicyclic amines) is 1. The van der Waals surface area contributed by atoms with Crippen LogP contribution in [-0.4, -0.2) is 51.1 Å². The van der Waals surface area contributed by atoms with Gasteiger partial charge in [-0.15, -0.1) is 35.3 Å². The van der Waals surface area contributed by atoms with Crippen LogP contribution in [0.4, 0.5) is 0 Å². The van der Waals surface area contributed by atoms with E-state index >= 15 is 0 Å². The summed E-state index contributed by atoms with van der Waals surface area (Å²) in [6.45, 7) is 6.67. The summed E-state index contributed by atoms with van der Waals surface area (Å²) >= 11 is 1.84. The van der Waals surface area contributed by atoms with Crippen LogP contribution in [0.2, 0.25) is 0 Å². The third-order valence-corrected chi connectivity index (χ3v) is 4.92. The summed E-state index contributed by atoms with van der Waals surface area (Å²) in [5.41, 5.74) is 0. The van der Waals surface area contributed by atoms with Gasteiger partial charge in [-0.1, -0.05) is 13.0 Å². The van der Waals surface area contributed by atoms with Crippen molar-refractivity contribution < 1.29 is 0 Å². The third kappa shape index (κ3) is 6.83. The van der Waals surface area contributed by atoms with Gasteiger partial charge >= 0.3 is 0 Å². The van der Waals surface area contributed by atoms with E-state index in [4.69, 9.17) is 0 Å². The largest absolute Gasteiger partial charge is 0.356 e. The van der Waals surface area contributed by atoms with E-state index in [0.717, 1.165) is 31.4 Å². The summed E-state index contributed by atoms with van der Waals surface area (Å²) in [7, 11) is 4.04. The van der Waals surface area contributed by atoms with Crippen LogP contribution in [0.15, 0.2) is 22.5 Å². The SMILES string of the molecule is CN=C(NCC(C)Cc1cccs1)NCC1CCN(C)C1.I. The van der Waals surface area contributed by atoms with E-state index in [1.165, 1.54) is 24.4 Å². The summed E-state index contributed by atoms with van der Waals surface area (Å²) in [6.07, 6.45) is 2.42. The second-order valence-corrected chi connectivity index (χ2v) is 7.17. The van der Waals surface area contributed by atoms with Gasteiger partial charge in [-0.25, -0.2) is 0 Å². The van der Waals surface area contributed by atoms with Crippen LogP contribution < -0.4 is 10.6 Å². The van der Waals surface area contributed by atoms with Crippen LogP contribution in [0.25, 0.3) is 0 Å². The van der Waals surface area contributed by atoms with Crippen molar-refractivity contribution >= 4 is 41.3 Å². The van der Waals surface area contributed by atoms with Gasteiger partial charge in [0.15, 0.2) is 5.96 Å². The van der Waals surface area contributed by atoms with Crippen LogP contribution >= 0.6 is 35.3 Å². The van der Waals surface area contributed by atoms with E-state index in [1.54, 1.807) is 0 Å². The van der Waals surface area contributed by atoms with Crippen LogP contribution in [-0.2, 0) is 6.42 Å². The quantitative estimate of drug-likeness (QED) is 0.409. The number of thiophene rings is 1. The van der Waals surface area contributed by atoms with Crippen molar-refractivity contribution in [2.45, 2.75) is 19.8 Å². The number of hydrogen-bond donors (Lipinski definition) is 2. The van der Waals surface area contributed by atoms with Crippen molar-refractivity contribution in [3.05, 3.63) is 22.4 Å². The first-order valence-electron chi connectivity index (χ1n) is 7.82. The van der Waals surface area contributed by atoms with E-state index in [-0.39, 0.29) is 24.0 Å². The van der Waals surface area contributed by atoms with Crippen LogP contribution in [0, 0.1) is 11.8 Å². The summed E-state index contributed by atoms with van der Waals surface area (Å²) in [5, 5.41) is 9.06. The van der Waals surface area contributed by atoms with Crippen molar-refractivity contribution in [2.75, 3.05) is 40.3 Å². The van der Waals surface area contributed by atoms with Gasteiger partial charge in [-0.05, 0) is 49.7 Å². The van der Waals surface area contributed by atoms with Gasteiger partial charge < -0.3 is 15.5 Å². The molecule has 0 aromatic carbocycles. The summed E-state index contributed by atoms with van der Waals surface area (Å²) in [4.78, 5) is 8.17. The van der Waals surface area contributed by atoms with Gasteiger partial charge in [0.2, 0.25) is 0 Å². The molecule has 0 aliphatic carbocycles. The van der Waals surface area contributed by atoms with Crippen LogP contribution in [0.1, 0.15) is 18.2 Å². The molecule has 2 unspecified atom stereocenters. The molecule has 2 rings (SSSR count). The zero-order valence-electron chi connectivity index (χ0n) is 13.8. The highest BCUT2D eigenvalue weighted by Gasteiger charge is 2.19.